The summed E-state index contributed by atoms with van der Waals surface area (Å²) in [6, 6.07) is 12.0. The minimum Gasteiger partial charge on any atom is -0.508 e. The lowest BCUT2D eigenvalue weighted by molar-refractivity contribution is 0.139. The van der Waals surface area contributed by atoms with Gasteiger partial charge in [0.2, 0.25) is 0 Å². The molecule has 1 unspecified atom stereocenters. The fraction of sp³-hybridized carbons (Fsp3) is 0.333. The van der Waals surface area contributed by atoms with Gasteiger partial charge in [-0.3, -0.25) is 0 Å². The van der Waals surface area contributed by atoms with Crippen LogP contribution in [-0.4, -0.2) is 35.9 Å². The van der Waals surface area contributed by atoms with Crippen LogP contribution in [0, 0.1) is 10.8 Å². The number of nitrogens with one attached hydrogen (secondary N) is 2. The summed E-state index contributed by atoms with van der Waals surface area (Å²) >= 11 is 0. The molecule has 34 heavy (non-hydrogen) atoms. The van der Waals surface area contributed by atoms with Crippen molar-refractivity contribution in [3.8, 4) is 0 Å². The molecule has 0 saturated carbocycles. The van der Waals surface area contributed by atoms with Crippen LogP contribution in [0.2, 0.25) is 0 Å². The van der Waals surface area contributed by atoms with E-state index in [1.807, 2.05) is 24.3 Å². The van der Waals surface area contributed by atoms with E-state index in [4.69, 9.17) is 0 Å². The molecule has 2 heterocycles. The Morgan fingerprint density at radius 3 is 2.21 bits per heavy atom. The quantitative estimate of drug-likeness (QED) is 0.331. The van der Waals surface area contributed by atoms with Crippen molar-refractivity contribution in [3.63, 3.8) is 0 Å². The van der Waals surface area contributed by atoms with E-state index in [1.54, 1.807) is 6.08 Å². The summed E-state index contributed by atoms with van der Waals surface area (Å²) in [5, 5.41) is 34.6. The number of benzene rings is 2. The van der Waals surface area contributed by atoms with Gasteiger partial charge in [0.15, 0.2) is 0 Å². The maximum atomic E-state index is 11.5. The lowest BCUT2D eigenvalue weighted by atomic mass is 9.58. The van der Waals surface area contributed by atoms with Crippen molar-refractivity contribution >= 4 is 27.6 Å². The molecule has 0 amide bonds. The Hall–Kier alpha value is -3.74. The summed E-state index contributed by atoms with van der Waals surface area (Å²) in [6.45, 7) is 15.5. The summed E-state index contributed by atoms with van der Waals surface area (Å²) in [7, 11) is 0. The second-order valence-electron chi connectivity index (χ2n) is 10.2. The van der Waals surface area contributed by atoms with E-state index in [1.165, 1.54) is 0 Å². The van der Waals surface area contributed by atoms with Crippen molar-refractivity contribution in [1.82, 2.24) is 30.8 Å². The molecular formula is C27H30N6O. The highest BCUT2D eigenvalue weighted by Crippen LogP contribution is 2.57. The summed E-state index contributed by atoms with van der Waals surface area (Å²) in [4.78, 5) is 0. The molecule has 2 aromatic heterocycles. The Bertz CT molecular complexity index is 1480. The third kappa shape index (κ3) is 3.10. The van der Waals surface area contributed by atoms with Crippen molar-refractivity contribution in [3.05, 3.63) is 77.1 Å². The Morgan fingerprint density at radius 1 is 0.912 bits per heavy atom. The number of aliphatic hydroxyl groups excluding tert-OH is 1. The molecule has 174 valence electrons. The first-order valence-corrected chi connectivity index (χ1v) is 11.6. The fourth-order valence-electron chi connectivity index (χ4n) is 5.09. The minimum absolute atomic E-state index is 0.101. The van der Waals surface area contributed by atoms with Gasteiger partial charge in [0.05, 0.1) is 0 Å². The molecule has 4 aromatic rings. The van der Waals surface area contributed by atoms with Gasteiger partial charge in [0, 0.05) is 17.1 Å². The van der Waals surface area contributed by atoms with Gasteiger partial charge in [-0.2, -0.15) is 30.8 Å². The first kappa shape index (κ1) is 22.1. The summed E-state index contributed by atoms with van der Waals surface area (Å²) < 4.78 is 0. The van der Waals surface area contributed by atoms with Crippen LogP contribution >= 0.6 is 0 Å². The highest BCUT2D eigenvalue weighted by atomic mass is 16.3. The number of H-pyrrole nitrogens is 2. The van der Waals surface area contributed by atoms with Crippen molar-refractivity contribution in [2.45, 2.75) is 47.0 Å². The number of allylic oxidation sites excluding steroid dienone is 4. The molecule has 0 spiro atoms. The maximum absolute atomic E-state index is 11.5. The number of aromatic amines is 2. The van der Waals surface area contributed by atoms with Crippen LogP contribution in [0.5, 0.6) is 0 Å². The zero-order valence-corrected chi connectivity index (χ0v) is 20.3. The number of fused-ring (bicyclic) bond motifs is 2. The van der Waals surface area contributed by atoms with Crippen LogP contribution < -0.4 is 0 Å². The molecule has 5 rings (SSSR count). The van der Waals surface area contributed by atoms with Gasteiger partial charge in [-0.25, -0.2) is 0 Å². The van der Waals surface area contributed by atoms with E-state index < -0.39 is 0 Å². The van der Waals surface area contributed by atoms with Gasteiger partial charge < -0.3 is 5.11 Å². The number of hydrogen-bond donors (Lipinski definition) is 3. The number of aromatic nitrogens is 6. The van der Waals surface area contributed by atoms with Crippen molar-refractivity contribution in [1.29, 1.82) is 0 Å². The molecule has 0 bridgehead atoms. The summed E-state index contributed by atoms with van der Waals surface area (Å²) in [6.07, 6.45) is 2.75. The van der Waals surface area contributed by atoms with Crippen LogP contribution in [0.3, 0.4) is 0 Å². The van der Waals surface area contributed by atoms with Crippen molar-refractivity contribution < 1.29 is 5.11 Å². The SMILES string of the molecule is C=C1C=C(O)C(C(C)(C)C(C)(C)CC)=C(c2cccc3n[nH]nc23)C1c1cccc2n[nH]nc12. The van der Waals surface area contributed by atoms with Gasteiger partial charge in [-0.1, -0.05) is 71.9 Å². The van der Waals surface area contributed by atoms with Gasteiger partial charge in [-0.15, -0.1) is 0 Å². The number of para-hydroxylation sites is 2. The van der Waals surface area contributed by atoms with E-state index in [2.05, 4.69) is 84.2 Å². The third-order valence-corrected chi connectivity index (χ3v) is 8.03. The van der Waals surface area contributed by atoms with Crippen LogP contribution in [0.4, 0.5) is 0 Å². The second-order valence-corrected chi connectivity index (χ2v) is 10.2. The third-order valence-electron chi connectivity index (χ3n) is 8.03. The average molecular weight is 455 g/mol. The fourth-order valence-corrected chi connectivity index (χ4v) is 5.09. The first-order chi connectivity index (χ1) is 16.2. The van der Waals surface area contributed by atoms with E-state index in [0.717, 1.165) is 56.3 Å². The number of hydrogen-bond acceptors (Lipinski definition) is 5. The van der Waals surface area contributed by atoms with E-state index in [0.29, 0.717) is 0 Å². The van der Waals surface area contributed by atoms with Gasteiger partial charge in [0.25, 0.3) is 0 Å². The zero-order valence-electron chi connectivity index (χ0n) is 20.3. The van der Waals surface area contributed by atoms with E-state index >= 15 is 0 Å². The van der Waals surface area contributed by atoms with Gasteiger partial charge in [0.1, 0.15) is 27.8 Å². The summed E-state index contributed by atoms with van der Waals surface area (Å²) in [5.41, 5.74) is 7.21. The molecule has 0 aliphatic heterocycles. The van der Waals surface area contributed by atoms with Crippen molar-refractivity contribution in [2.75, 3.05) is 0 Å². The molecule has 1 atom stereocenters. The van der Waals surface area contributed by atoms with Crippen LogP contribution in [0.25, 0.3) is 27.6 Å². The largest absolute Gasteiger partial charge is 0.508 e. The van der Waals surface area contributed by atoms with Crippen LogP contribution in [-0.2, 0) is 0 Å². The normalized spacial score (nSPS) is 17.6. The van der Waals surface area contributed by atoms with E-state index in [9.17, 15) is 5.11 Å². The predicted molar refractivity (Wildman–Crippen MR) is 135 cm³/mol. The van der Waals surface area contributed by atoms with Crippen LogP contribution in [0.1, 0.15) is 58.1 Å². The smallest absolute Gasteiger partial charge is 0.120 e. The molecule has 7 heteroatoms. The molecule has 1 aliphatic carbocycles. The van der Waals surface area contributed by atoms with E-state index in [-0.39, 0.29) is 22.5 Å². The molecule has 1 aliphatic rings. The minimum atomic E-state index is -0.375. The Kier molecular flexibility index (Phi) is 4.97. The standard InChI is InChI=1S/C27H30N6O/c1-7-26(3,4)27(5,6)23-20(34)14-15(2)21(16-10-8-12-18-24(16)30-32-28-18)22(23)17-11-9-13-19-25(17)31-33-29-19/h8-14,21,34H,2,7H2,1,3-6H3,(H,28,30,32)(H,29,31,33). The van der Waals surface area contributed by atoms with Gasteiger partial charge in [-0.05, 0) is 45.7 Å². The Balaban J connectivity index is 1.92. The molecule has 0 radical (unpaired) electrons. The maximum Gasteiger partial charge on any atom is 0.120 e. The lowest BCUT2D eigenvalue weighted by Crippen LogP contribution is -2.36. The average Bonchev–Trinajstić information content (AvgIpc) is 3.47. The monoisotopic (exact) mass is 454 g/mol. The van der Waals surface area contributed by atoms with Gasteiger partial charge >= 0.3 is 0 Å². The van der Waals surface area contributed by atoms with Crippen LogP contribution in [0.15, 0.2) is 66.0 Å². The molecule has 7 nitrogen and oxygen atoms in total. The Labute approximate surface area is 198 Å². The highest BCUT2D eigenvalue weighted by Gasteiger charge is 2.45. The molecule has 3 N–H and O–H groups in total. The zero-order chi connectivity index (χ0) is 24.3. The number of rotatable bonds is 5. The number of aliphatic hydroxyl groups is 1. The lowest BCUT2D eigenvalue weighted by Gasteiger charge is -2.46. The topological polar surface area (TPSA) is 103 Å². The Morgan fingerprint density at radius 2 is 1.53 bits per heavy atom. The molecule has 0 saturated heterocycles. The molecule has 0 fully saturated rings. The van der Waals surface area contributed by atoms with Crippen molar-refractivity contribution in [2.24, 2.45) is 10.8 Å². The molecular weight excluding hydrogens is 424 g/mol. The molecule has 2 aromatic carbocycles. The number of nitrogens with zero attached hydrogens (tertiary/aromatic N) is 4. The highest BCUT2D eigenvalue weighted by molar-refractivity contribution is 5.96. The predicted octanol–water partition coefficient (Wildman–Crippen LogP) is 6.24. The summed E-state index contributed by atoms with van der Waals surface area (Å²) in [5.74, 6) is 0.00420. The first-order valence-electron chi connectivity index (χ1n) is 11.6. The second kappa shape index (κ2) is 7.65.